The van der Waals surface area contributed by atoms with Gasteiger partial charge in [-0.3, -0.25) is 0 Å². The average molecular weight is 198 g/mol. The van der Waals surface area contributed by atoms with E-state index in [4.69, 9.17) is 0 Å². The van der Waals surface area contributed by atoms with Crippen LogP contribution in [-0.4, -0.2) is 5.11 Å². The fourth-order valence-electron chi connectivity index (χ4n) is 1.58. The molecule has 2 rings (SSSR count). The highest BCUT2D eigenvalue weighted by Crippen LogP contribution is 2.21. The van der Waals surface area contributed by atoms with Gasteiger partial charge in [-0.25, -0.2) is 0 Å². The van der Waals surface area contributed by atoms with Crippen molar-refractivity contribution in [1.82, 2.24) is 0 Å². The van der Waals surface area contributed by atoms with Crippen molar-refractivity contribution in [2.24, 2.45) is 0 Å². The van der Waals surface area contributed by atoms with Crippen LogP contribution in [0.25, 0.3) is 0 Å². The largest absolute Gasteiger partial charge is 0.384 e. The van der Waals surface area contributed by atoms with E-state index in [0.717, 1.165) is 11.1 Å². The van der Waals surface area contributed by atoms with Crippen LogP contribution in [0.4, 0.5) is 0 Å². The first-order chi connectivity index (χ1) is 7.27. The Balaban J connectivity index is 2.29. The third kappa shape index (κ3) is 2.25. The lowest BCUT2D eigenvalue weighted by atomic mass is 10.0. The molecule has 1 N–H and O–H groups in total. The number of benzene rings is 2. The highest BCUT2D eigenvalue weighted by molar-refractivity contribution is 5.31. The lowest BCUT2D eigenvalue weighted by Crippen LogP contribution is -1.98. The molecule has 0 aliphatic carbocycles. The van der Waals surface area contributed by atoms with E-state index in [1.165, 1.54) is 5.56 Å². The van der Waals surface area contributed by atoms with Crippen LogP contribution in [0.5, 0.6) is 0 Å². The van der Waals surface area contributed by atoms with Gasteiger partial charge < -0.3 is 5.11 Å². The highest BCUT2D eigenvalue weighted by Gasteiger charge is 2.08. The Morgan fingerprint density at radius 1 is 0.800 bits per heavy atom. The van der Waals surface area contributed by atoms with Crippen LogP contribution in [0.15, 0.2) is 54.6 Å². The number of aryl methyl sites for hydroxylation is 1. The number of aliphatic hydroxyl groups is 1. The molecule has 0 unspecified atom stereocenters. The molecule has 1 atom stereocenters. The van der Waals surface area contributed by atoms with Crippen LogP contribution in [0.1, 0.15) is 22.8 Å². The second kappa shape index (κ2) is 4.28. The fourth-order valence-corrected chi connectivity index (χ4v) is 1.58. The lowest BCUT2D eigenvalue weighted by molar-refractivity contribution is 0.220. The summed E-state index contributed by atoms with van der Waals surface area (Å²) in [5.74, 6) is 0. The second-order valence-electron chi connectivity index (χ2n) is 3.72. The SMILES string of the molecule is Cc1ccc([C@@H](O)c2ccccc2)cc1. The molecule has 0 saturated heterocycles. The molecule has 0 heterocycles. The van der Waals surface area contributed by atoms with Crippen LogP contribution in [-0.2, 0) is 0 Å². The minimum absolute atomic E-state index is 0.521. The molecule has 0 spiro atoms. The van der Waals surface area contributed by atoms with E-state index in [0.29, 0.717) is 0 Å². The summed E-state index contributed by atoms with van der Waals surface area (Å²) < 4.78 is 0. The van der Waals surface area contributed by atoms with Crippen molar-refractivity contribution in [3.63, 3.8) is 0 Å². The van der Waals surface area contributed by atoms with Gasteiger partial charge in [0.25, 0.3) is 0 Å². The third-order valence-electron chi connectivity index (χ3n) is 2.51. The molecule has 0 bridgehead atoms. The number of aliphatic hydroxyl groups excluding tert-OH is 1. The first-order valence-corrected chi connectivity index (χ1v) is 5.07. The molecule has 2 aromatic carbocycles. The first-order valence-electron chi connectivity index (χ1n) is 5.07. The van der Waals surface area contributed by atoms with Gasteiger partial charge in [0.05, 0.1) is 0 Å². The molecule has 15 heavy (non-hydrogen) atoms. The van der Waals surface area contributed by atoms with Gasteiger partial charge in [0.15, 0.2) is 0 Å². The van der Waals surface area contributed by atoms with Gasteiger partial charge in [-0.05, 0) is 18.1 Å². The molecule has 0 fully saturated rings. The Morgan fingerprint density at radius 2 is 1.33 bits per heavy atom. The van der Waals surface area contributed by atoms with Crippen molar-refractivity contribution in [2.75, 3.05) is 0 Å². The van der Waals surface area contributed by atoms with E-state index in [-0.39, 0.29) is 0 Å². The highest BCUT2D eigenvalue weighted by atomic mass is 16.3. The number of hydrogen-bond acceptors (Lipinski definition) is 1. The molecular weight excluding hydrogens is 184 g/mol. The Morgan fingerprint density at radius 3 is 1.93 bits per heavy atom. The topological polar surface area (TPSA) is 20.2 Å². The van der Waals surface area contributed by atoms with Crippen LogP contribution in [0, 0.1) is 6.92 Å². The van der Waals surface area contributed by atoms with Crippen molar-refractivity contribution in [2.45, 2.75) is 13.0 Å². The van der Waals surface area contributed by atoms with Crippen molar-refractivity contribution >= 4 is 0 Å². The minimum atomic E-state index is -0.521. The summed E-state index contributed by atoms with van der Waals surface area (Å²) in [6, 6.07) is 17.7. The number of rotatable bonds is 2. The Labute approximate surface area is 90.0 Å². The summed E-state index contributed by atoms with van der Waals surface area (Å²) in [4.78, 5) is 0. The van der Waals surface area contributed by atoms with Crippen molar-refractivity contribution in [3.05, 3.63) is 71.3 Å². The van der Waals surface area contributed by atoms with E-state index >= 15 is 0 Å². The van der Waals surface area contributed by atoms with Crippen molar-refractivity contribution < 1.29 is 5.11 Å². The summed E-state index contributed by atoms with van der Waals surface area (Å²) in [5.41, 5.74) is 3.08. The van der Waals surface area contributed by atoms with E-state index in [2.05, 4.69) is 0 Å². The van der Waals surface area contributed by atoms with E-state index in [1.807, 2.05) is 61.5 Å². The van der Waals surface area contributed by atoms with Gasteiger partial charge in [-0.1, -0.05) is 60.2 Å². The summed E-state index contributed by atoms with van der Waals surface area (Å²) in [6.07, 6.45) is -0.521. The summed E-state index contributed by atoms with van der Waals surface area (Å²) >= 11 is 0. The third-order valence-corrected chi connectivity index (χ3v) is 2.51. The lowest BCUT2D eigenvalue weighted by Gasteiger charge is -2.11. The predicted octanol–water partition coefficient (Wildman–Crippen LogP) is 3.08. The number of hydrogen-bond donors (Lipinski definition) is 1. The molecule has 0 saturated carbocycles. The van der Waals surface area contributed by atoms with Crippen LogP contribution in [0.2, 0.25) is 0 Å². The average Bonchev–Trinajstić information content (AvgIpc) is 2.30. The van der Waals surface area contributed by atoms with Crippen molar-refractivity contribution in [3.8, 4) is 0 Å². The Bertz CT molecular complexity index is 417. The minimum Gasteiger partial charge on any atom is -0.384 e. The second-order valence-corrected chi connectivity index (χ2v) is 3.72. The zero-order chi connectivity index (χ0) is 10.7. The summed E-state index contributed by atoms with van der Waals surface area (Å²) in [5, 5.41) is 10.1. The van der Waals surface area contributed by atoms with Gasteiger partial charge in [0, 0.05) is 0 Å². The maximum absolute atomic E-state index is 10.1. The van der Waals surface area contributed by atoms with E-state index < -0.39 is 6.10 Å². The summed E-state index contributed by atoms with van der Waals surface area (Å²) in [7, 11) is 0. The van der Waals surface area contributed by atoms with Gasteiger partial charge in [-0.2, -0.15) is 0 Å². The zero-order valence-electron chi connectivity index (χ0n) is 8.72. The smallest absolute Gasteiger partial charge is 0.104 e. The summed E-state index contributed by atoms with van der Waals surface area (Å²) in [6.45, 7) is 2.04. The molecular formula is C14H14O. The van der Waals surface area contributed by atoms with Crippen molar-refractivity contribution in [1.29, 1.82) is 0 Å². The standard InChI is InChI=1S/C14H14O/c1-11-7-9-13(10-8-11)14(15)12-5-3-2-4-6-12/h2-10,14-15H,1H3/t14-/m0/s1. The molecule has 1 nitrogen and oxygen atoms in total. The zero-order valence-corrected chi connectivity index (χ0v) is 8.72. The maximum atomic E-state index is 10.1. The van der Waals surface area contributed by atoms with Crippen LogP contribution < -0.4 is 0 Å². The van der Waals surface area contributed by atoms with Gasteiger partial charge >= 0.3 is 0 Å². The molecule has 0 amide bonds. The molecule has 0 radical (unpaired) electrons. The Kier molecular flexibility index (Phi) is 2.84. The van der Waals surface area contributed by atoms with Gasteiger partial charge in [-0.15, -0.1) is 0 Å². The molecule has 0 aromatic heterocycles. The van der Waals surface area contributed by atoms with Gasteiger partial charge in [0.2, 0.25) is 0 Å². The first kappa shape index (κ1) is 9.94. The van der Waals surface area contributed by atoms with Crippen LogP contribution in [0.3, 0.4) is 0 Å². The van der Waals surface area contributed by atoms with E-state index in [1.54, 1.807) is 0 Å². The maximum Gasteiger partial charge on any atom is 0.104 e. The Hall–Kier alpha value is -1.60. The molecule has 76 valence electrons. The molecule has 1 heteroatoms. The monoisotopic (exact) mass is 198 g/mol. The van der Waals surface area contributed by atoms with Gasteiger partial charge in [0.1, 0.15) is 6.10 Å². The fraction of sp³-hybridized carbons (Fsp3) is 0.143. The predicted molar refractivity (Wildman–Crippen MR) is 61.7 cm³/mol. The van der Waals surface area contributed by atoms with E-state index in [9.17, 15) is 5.11 Å². The molecule has 0 aliphatic rings. The molecule has 0 aliphatic heterocycles. The quantitative estimate of drug-likeness (QED) is 0.786. The van der Waals surface area contributed by atoms with Crippen LogP contribution >= 0.6 is 0 Å². The molecule has 2 aromatic rings. The normalized spacial score (nSPS) is 12.4.